The van der Waals surface area contributed by atoms with E-state index in [9.17, 15) is 0 Å². The Morgan fingerprint density at radius 1 is 0.500 bits per heavy atom. The van der Waals surface area contributed by atoms with Gasteiger partial charge < -0.3 is 0 Å². The monoisotopic (exact) mass is 388 g/mol. The lowest BCUT2D eigenvalue weighted by atomic mass is 10.0. The topological polar surface area (TPSA) is 3.88 Å². The molecule has 162 valence electrons. The van der Waals surface area contributed by atoms with Crippen LogP contribution < -0.4 is 4.57 Å². The van der Waals surface area contributed by atoms with Crippen LogP contribution in [-0.4, -0.2) is 0 Å². The number of pyridine rings is 1. The molecule has 0 saturated heterocycles. The summed E-state index contributed by atoms with van der Waals surface area (Å²) in [6.07, 6.45) is 31.7. The molecule has 1 heteroatoms. The number of unbranched alkanes of at least 4 members (excludes halogenated alkanes) is 16. The maximum Gasteiger partial charge on any atom is 0.169 e. The van der Waals surface area contributed by atoms with Crippen molar-refractivity contribution in [2.45, 2.75) is 142 Å². The van der Waals surface area contributed by atoms with Gasteiger partial charge >= 0.3 is 0 Å². The standard InChI is InChI=1S/C27H50N/c1-3-5-6-7-8-9-10-11-12-13-14-15-16-17-18-19-21-24-27(4-2)28-25-22-20-23-26-28/h20,22-23,25-27H,3-19,21,24H2,1-2H3/q+1. The molecule has 1 aromatic heterocycles. The van der Waals surface area contributed by atoms with Crippen LogP contribution in [0, 0.1) is 0 Å². The molecule has 0 spiro atoms. The fraction of sp³-hybridized carbons (Fsp3) is 0.815. The Kier molecular flexibility index (Phi) is 17.5. The Balaban J connectivity index is 1.79. The van der Waals surface area contributed by atoms with Crippen molar-refractivity contribution in [2.75, 3.05) is 0 Å². The van der Waals surface area contributed by atoms with Crippen LogP contribution in [0.25, 0.3) is 0 Å². The second-order valence-electron chi connectivity index (χ2n) is 8.83. The van der Waals surface area contributed by atoms with Crippen LogP contribution in [0.1, 0.15) is 142 Å². The lowest BCUT2D eigenvalue weighted by molar-refractivity contribution is -0.724. The maximum absolute atomic E-state index is 2.40. The van der Waals surface area contributed by atoms with Gasteiger partial charge in [-0.2, -0.15) is 0 Å². The van der Waals surface area contributed by atoms with Gasteiger partial charge in [0.05, 0.1) is 0 Å². The molecule has 0 N–H and O–H groups in total. The largest absolute Gasteiger partial charge is 0.202 e. The van der Waals surface area contributed by atoms with Crippen LogP contribution in [0.3, 0.4) is 0 Å². The second-order valence-corrected chi connectivity index (χ2v) is 8.83. The van der Waals surface area contributed by atoms with Crippen LogP contribution in [0.5, 0.6) is 0 Å². The number of rotatable bonds is 20. The van der Waals surface area contributed by atoms with Crippen LogP contribution >= 0.6 is 0 Å². The van der Waals surface area contributed by atoms with Crippen LogP contribution in [0.15, 0.2) is 30.6 Å². The van der Waals surface area contributed by atoms with Crippen molar-refractivity contribution in [1.82, 2.24) is 0 Å². The second kappa shape index (κ2) is 19.5. The molecule has 1 heterocycles. The van der Waals surface area contributed by atoms with E-state index in [1.807, 2.05) is 0 Å². The Bertz CT molecular complexity index is 414. The average molecular weight is 389 g/mol. The normalized spacial score (nSPS) is 12.4. The van der Waals surface area contributed by atoms with Crippen molar-refractivity contribution in [1.29, 1.82) is 0 Å². The molecule has 0 aliphatic carbocycles. The van der Waals surface area contributed by atoms with E-state index in [2.05, 4.69) is 49.0 Å². The number of hydrogen-bond acceptors (Lipinski definition) is 0. The third-order valence-corrected chi connectivity index (χ3v) is 6.27. The first kappa shape index (κ1) is 25.2. The zero-order valence-corrected chi connectivity index (χ0v) is 19.3. The number of aromatic nitrogens is 1. The highest BCUT2D eigenvalue weighted by molar-refractivity contribution is 4.84. The molecular formula is C27H50N+. The molecule has 0 aliphatic rings. The quantitative estimate of drug-likeness (QED) is 0.155. The van der Waals surface area contributed by atoms with Gasteiger partial charge in [-0.3, -0.25) is 0 Å². The van der Waals surface area contributed by atoms with Gasteiger partial charge in [0, 0.05) is 25.0 Å². The van der Waals surface area contributed by atoms with Crippen molar-refractivity contribution in [2.24, 2.45) is 0 Å². The molecule has 0 aliphatic heterocycles. The van der Waals surface area contributed by atoms with Crippen molar-refractivity contribution in [3.8, 4) is 0 Å². The first-order valence-corrected chi connectivity index (χ1v) is 12.8. The lowest BCUT2D eigenvalue weighted by Gasteiger charge is -2.10. The molecule has 0 bridgehead atoms. The van der Waals surface area contributed by atoms with Crippen LogP contribution in [0.2, 0.25) is 0 Å². The average Bonchev–Trinajstić information content (AvgIpc) is 2.73. The summed E-state index contributed by atoms with van der Waals surface area (Å²) in [7, 11) is 0. The van der Waals surface area contributed by atoms with E-state index < -0.39 is 0 Å². The van der Waals surface area contributed by atoms with Gasteiger partial charge in [0.15, 0.2) is 18.4 Å². The minimum absolute atomic E-state index is 0.692. The maximum atomic E-state index is 2.40. The molecular weight excluding hydrogens is 338 g/mol. The number of hydrogen-bond donors (Lipinski definition) is 0. The molecule has 1 unspecified atom stereocenters. The lowest BCUT2D eigenvalue weighted by Crippen LogP contribution is -2.38. The van der Waals surface area contributed by atoms with Crippen LogP contribution in [-0.2, 0) is 0 Å². The summed E-state index contributed by atoms with van der Waals surface area (Å²) in [6, 6.07) is 7.10. The van der Waals surface area contributed by atoms with E-state index in [4.69, 9.17) is 0 Å². The predicted octanol–water partition coefficient (Wildman–Crippen LogP) is 8.97. The van der Waals surface area contributed by atoms with E-state index in [1.165, 1.54) is 122 Å². The molecule has 1 aromatic rings. The molecule has 0 amide bonds. The first-order chi connectivity index (χ1) is 13.9. The summed E-state index contributed by atoms with van der Waals surface area (Å²) in [6.45, 7) is 4.62. The highest BCUT2D eigenvalue weighted by Crippen LogP contribution is 2.16. The summed E-state index contributed by atoms with van der Waals surface area (Å²) in [5, 5.41) is 0. The van der Waals surface area contributed by atoms with E-state index in [-0.39, 0.29) is 0 Å². The first-order valence-electron chi connectivity index (χ1n) is 12.8. The van der Waals surface area contributed by atoms with Crippen molar-refractivity contribution < 1.29 is 4.57 Å². The molecule has 1 nitrogen and oxygen atoms in total. The van der Waals surface area contributed by atoms with Gasteiger partial charge in [0.25, 0.3) is 0 Å². The molecule has 0 fully saturated rings. The van der Waals surface area contributed by atoms with Crippen molar-refractivity contribution in [3.05, 3.63) is 30.6 Å². The van der Waals surface area contributed by atoms with Gasteiger partial charge in [-0.1, -0.05) is 123 Å². The Morgan fingerprint density at radius 2 is 0.893 bits per heavy atom. The van der Waals surface area contributed by atoms with Crippen molar-refractivity contribution >= 4 is 0 Å². The van der Waals surface area contributed by atoms with Gasteiger partial charge in [-0.15, -0.1) is 0 Å². The predicted molar refractivity (Wildman–Crippen MR) is 125 cm³/mol. The third-order valence-electron chi connectivity index (χ3n) is 6.27. The highest BCUT2D eigenvalue weighted by atomic mass is 15.0. The van der Waals surface area contributed by atoms with Gasteiger partial charge in [0.1, 0.15) is 0 Å². The summed E-state index contributed by atoms with van der Waals surface area (Å²) in [5.74, 6) is 0. The van der Waals surface area contributed by atoms with E-state index in [0.29, 0.717) is 6.04 Å². The van der Waals surface area contributed by atoms with E-state index in [0.717, 1.165) is 0 Å². The van der Waals surface area contributed by atoms with E-state index >= 15 is 0 Å². The minimum atomic E-state index is 0.692. The van der Waals surface area contributed by atoms with Crippen molar-refractivity contribution in [3.63, 3.8) is 0 Å². The van der Waals surface area contributed by atoms with E-state index in [1.54, 1.807) is 0 Å². The summed E-state index contributed by atoms with van der Waals surface area (Å²) >= 11 is 0. The molecule has 0 aromatic carbocycles. The fourth-order valence-electron chi connectivity index (χ4n) is 4.32. The third kappa shape index (κ3) is 14.2. The molecule has 0 saturated carbocycles. The van der Waals surface area contributed by atoms with Gasteiger partial charge in [-0.25, -0.2) is 4.57 Å². The summed E-state index contributed by atoms with van der Waals surface area (Å²) in [5.41, 5.74) is 0. The number of nitrogens with zero attached hydrogens (tertiary/aromatic N) is 1. The fourth-order valence-corrected chi connectivity index (χ4v) is 4.32. The molecule has 28 heavy (non-hydrogen) atoms. The van der Waals surface area contributed by atoms with Gasteiger partial charge in [-0.05, 0) is 6.42 Å². The Morgan fingerprint density at radius 3 is 1.29 bits per heavy atom. The summed E-state index contributed by atoms with van der Waals surface area (Å²) in [4.78, 5) is 0. The Labute approximate surface area is 177 Å². The van der Waals surface area contributed by atoms with Gasteiger partial charge in [0.2, 0.25) is 0 Å². The summed E-state index contributed by atoms with van der Waals surface area (Å²) < 4.78 is 2.40. The molecule has 0 radical (unpaired) electrons. The zero-order valence-electron chi connectivity index (χ0n) is 19.3. The van der Waals surface area contributed by atoms with Crippen LogP contribution in [0.4, 0.5) is 0 Å². The molecule has 1 rings (SSSR count). The highest BCUT2D eigenvalue weighted by Gasteiger charge is 2.14. The SMILES string of the molecule is CCCCCCCCCCCCCCCCCCCC(CC)[n+]1ccccc1. The minimum Gasteiger partial charge on any atom is -0.202 e. The zero-order chi connectivity index (χ0) is 20.1. The smallest absolute Gasteiger partial charge is 0.169 e. The Hall–Kier alpha value is -0.850. The molecule has 1 atom stereocenters.